The summed E-state index contributed by atoms with van der Waals surface area (Å²) in [4.78, 5) is 23.0. The molecule has 0 aliphatic carbocycles. The van der Waals surface area contributed by atoms with Gasteiger partial charge < -0.3 is 14.8 Å². The van der Waals surface area contributed by atoms with Gasteiger partial charge in [-0.05, 0) is 71.8 Å². The predicted octanol–water partition coefficient (Wildman–Crippen LogP) is 3.75. The van der Waals surface area contributed by atoms with E-state index in [-0.39, 0.29) is 12.5 Å². The molecular formula is C18H18INO4. The number of methoxy groups -OCH3 is 1. The van der Waals surface area contributed by atoms with E-state index in [1.165, 1.54) is 12.7 Å². The lowest BCUT2D eigenvalue weighted by Gasteiger charge is -2.13. The molecule has 2 rings (SSSR count). The van der Waals surface area contributed by atoms with Gasteiger partial charge in [0.1, 0.15) is 6.29 Å². The van der Waals surface area contributed by atoms with Gasteiger partial charge in [0.05, 0.1) is 10.7 Å². The van der Waals surface area contributed by atoms with Crippen LogP contribution in [0.25, 0.3) is 0 Å². The number of aldehydes is 1. The molecule has 0 heterocycles. The number of aryl methyl sites for hydroxylation is 2. The summed E-state index contributed by atoms with van der Waals surface area (Å²) < 4.78 is 11.5. The van der Waals surface area contributed by atoms with Crippen LogP contribution in [0.15, 0.2) is 30.3 Å². The minimum atomic E-state index is -0.268. The highest BCUT2D eigenvalue weighted by Gasteiger charge is 2.13. The maximum atomic E-state index is 12.1. The summed E-state index contributed by atoms with van der Waals surface area (Å²) in [6, 6.07) is 8.97. The molecule has 0 bridgehead atoms. The number of hydrogen-bond donors (Lipinski definition) is 1. The lowest BCUT2D eigenvalue weighted by atomic mass is 10.1. The van der Waals surface area contributed by atoms with Crippen molar-refractivity contribution >= 4 is 40.5 Å². The van der Waals surface area contributed by atoms with E-state index in [1.54, 1.807) is 12.1 Å². The Morgan fingerprint density at radius 2 is 1.96 bits per heavy atom. The minimum absolute atomic E-state index is 0.153. The Morgan fingerprint density at radius 3 is 2.58 bits per heavy atom. The number of carbonyl (C=O) groups excluding carboxylic acids is 2. The quantitative estimate of drug-likeness (QED) is 0.550. The van der Waals surface area contributed by atoms with E-state index in [4.69, 9.17) is 9.47 Å². The summed E-state index contributed by atoms with van der Waals surface area (Å²) in [6.07, 6.45) is 0.737. The molecule has 1 amide bonds. The Morgan fingerprint density at radius 1 is 1.21 bits per heavy atom. The van der Waals surface area contributed by atoms with Gasteiger partial charge in [-0.3, -0.25) is 9.59 Å². The van der Waals surface area contributed by atoms with Crippen LogP contribution in [0.5, 0.6) is 11.5 Å². The second kappa shape index (κ2) is 8.14. The highest BCUT2D eigenvalue weighted by Crippen LogP contribution is 2.33. The zero-order valence-corrected chi connectivity index (χ0v) is 15.8. The molecule has 0 saturated carbocycles. The van der Waals surface area contributed by atoms with Crippen molar-refractivity contribution in [2.75, 3.05) is 19.0 Å². The van der Waals surface area contributed by atoms with Gasteiger partial charge in [-0.25, -0.2) is 0 Å². The number of ether oxygens (including phenoxy) is 2. The number of halogens is 1. The van der Waals surface area contributed by atoms with Crippen molar-refractivity contribution in [2.45, 2.75) is 13.8 Å². The van der Waals surface area contributed by atoms with Crippen molar-refractivity contribution in [3.63, 3.8) is 0 Å². The van der Waals surface area contributed by atoms with Crippen molar-refractivity contribution < 1.29 is 19.1 Å². The molecule has 2 aromatic carbocycles. The van der Waals surface area contributed by atoms with Crippen molar-refractivity contribution in [3.05, 3.63) is 50.6 Å². The van der Waals surface area contributed by atoms with Crippen LogP contribution in [-0.2, 0) is 4.79 Å². The van der Waals surface area contributed by atoms with Crippen molar-refractivity contribution in [3.8, 4) is 11.5 Å². The molecule has 5 nitrogen and oxygen atoms in total. The van der Waals surface area contributed by atoms with Crippen LogP contribution in [0.2, 0.25) is 0 Å². The zero-order chi connectivity index (χ0) is 17.7. The fourth-order valence-corrected chi connectivity index (χ4v) is 2.88. The maximum Gasteiger partial charge on any atom is 0.262 e. The van der Waals surface area contributed by atoms with Crippen LogP contribution in [0, 0.1) is 17.4 Å². The zero-order valence-electron chi connectivity index (χ0n) is 13.7. The number of rotatable bonds is 6. The second-order valence-electron chi connectivity index (χ2n) is 5.29. The SMILES string of the molecule is COc1cc(C=O)cc(I)c1OCC(=O)Nc1ccc(C)c(C)c1. The van der Waals surface area contributed by atoms with Crippen molar-refractivity contribution in [1.29, 1.82) is 0 Å². The molecule has 0 spiro atoms. The van der Waals surface area contributed by atoms with E-state index in [0.717, 1.165) is 17.5 Å². The predicted molar refractivity (Wildman–Crippen MR) is 101 cm³/mol. The van der Waals surface area contributed by atoms with Gasteiger partial charge in [0.25, 0.3) is 5.91 Å². The van der Waals surface area contributed by atoms with Crippen LogP contribution >= 0.6 is 22.6 Å². The summed E-state index contributed by atoms with van der Waals surface area (Å²) in [5.74, 6) is 0.595. The highest BCUT2D eigenvalue weighted by atomic mass is 127. The van der Waals surface area contributed by atoms with Gasteiger partial charge in [0, 0.05) is 11.3 Å². The molecule has 0 fully saturated rings. The van der Waals surface area contributed by atoms with Crippen molar-refractivity contribution in [2.24, 2.45) is 0 Å². The molecule has 0 radical (unpaired) electrons. The molecule has 0 unspecified atom stereocenters. The van der Waals surface area contributed by atoms with Crippen LogP contribution in [0.3, 0.4) is 0 Å². The van der Waals surface area contributed by atoms with E-state index in [2.05, 4.69) is 5.32 Å². The highest BCUT2D eigenvalue weighted by molar-refractivity contribution is 14.1. The molecule has 0 aromatic heterocycles. The fraction of sp³-hybridized carbons (Fsp3) is 0.222. The second-order valence-corrected chi connectivity index (χ2v) is 6.45. The third-order valence-electron chi connectivity index (χ3n) is 3.53. The van der Waals surface area contributed by atoms with E-state index >= 15 is 0 Å². The lowest BCUT2D eigenvalue weighted by Crippen LogP contribution is -2.20. The standard InChI is InChI=1S/C18H18INO4/c1-11-4-5-14(6-12(11)2)20-17(22)10-24-18-15(19)7-13(9-21)8-16(18)23-3/h4-9H,10H2,1-3H3,(H,20,22). The van der Waals surface area contributed by atoms with Gasteiger partial charge >= 0.3 is 0 Å². The molecule has 24 heavy (non-hydrogen) atoms. The average molecular weight is 439 g/mol. The number of nitrogens with one attached hydrogen (secondary N) is 1. The molecule has 2 aromatic rings. The summed E-state index contributed by atoms with van der Waals surface area (Å²) in [7, 11) is 1.49. The minimum Gasteiger partial charge on any atom is -0.493 e. The number of benzene rings is 2. The topological polar surface area (TPSA) is 64.6 Å². The number of amides is 1. The molecule has 0 atom stereocenters. The van der Waals surface area contributed by atoms with Gasteiger partial charge in [-0.2, -0.15) is 0 Å². The molecule has 126 valence electrons. The first-order valence-electron chi connectivity index (χ1n) is 7.27. The smallest absolute Gasteiger partial charge is 0.262 e. The maximum absolute atomic E-state index is 12.1. The Labute approximate surface area is 154 Å². The third-order valence-corrected chi connectivity index (χ3v) is 4.33. The summed E-state index contributed by atoms with van der Waals surface area (Å²) in [6.45, 7) is 3.85. The number of carbonyl (C=O) groups is 2. The molecule has 1 N–H and O–H groups in total. The molecule has 6 heteroatoms. The Bertz CT molecular complexity index is 774. The summed E-state index contributed by atoms with van der Waals surface area (Å²) in [5, 5.41) is 2.80. The number of hydrogen-bond acceptors (Lipinski definition) is 4. The van der Waals surface area contributed by atoms with Gasteiger partial charge in [-0.1, -0.05) is 6.07 Å². The first kappa shape index (κ1) is 18.3. The summed E-state index contributed by atoms with van der Waals surface area (Å²) >= 11 is 2.04. The largest absolute Gasteiger partial charge is 0.493 e. The lowest BCUT2D eigenvalue weighted by molar-refractivity contribution is -0.118. The Kier molecular flexibility index (Phi) is 6.19. The van der Waals surface area contributed by atoms with E-state index < -0.39 is 0 Å². The van der Waals surface area contributed by atoms with E-state index in [0.29, 0.717) is 20.6 Å². The van der Waals surface area contributed by atoms with Gasteiger partial charge in [-0.15, -0.1) is 0 Å². The third kappa shape index (κ3) is 4.47. The van der Waals surface area contributed by atoms with Crippen LogP contribution in [-0.4, -0.2) is 25.9 Å². The van der Waals surface area contributed by atoms with Crippen LogP contribution in [0.1, 0.15) is 21.5 Å². The molecule has 0 aliphatic heterocycles. The van der Waals surface area contributed by atoms with Crippen molar-refractivity contribution in [1.82, 2.24) is 0 Å². The van der Waals surface area contributed by atoms with Gasteiger partial charge in [0.2, 0.25) is 0 Å². The first-order valence-corrected chi connectivity index (χ1v) is 8.35. The molecule has 0 saturated heterocycles. The van der Waals surface area contributed by atoms with Crippen LogP contribution in [0.4, 0.5) is 5.69 Å². The first-order chi connectivity index (χ1) is 11.4. The molecular weight excluding hydrogens is 421 g/mol. The number of anilines is 1. The Hall–Kier alpha value is -2.09. The monoisotopic (exact) mass is 439 g/mol. The van der Waals surface area contributed by atoms with E-state index in [9.17, 15) is 9.59 Å². The van der Waals surface area contributed by atoms with Crippen LogP contribution < -0.4 is 14.8 Å². The Balaban J connectivity index is 2.06. The average Bonchev–Trinajstić information content (AvgIpc) is 2.56. The van der Waals surface area contributed by atoms with E-state index in [1.807, 2.05) is 54.6 Å². The normalized spacial score (nSPS) is 10.2. The van der Waals surface area contributed by atoms with Gasteiger partial charge in [0.15, 0.2) is 18.1 Å². The fourth-order valence-electron chi connectivity index (χ4n) is 2.10. The summed E-state index contributed by atoms with van der Waals surface area (Å²) in [5.41, 5.74) is 3.49. The molecule has 0 aliphatic rings.